The predicted octanol–water partition coefficient (Wildman–Crippen LogP) is 10.5. The second-order valence-corrected chi connectivity index (χ2v) is 12.4. The molecule has 0 saturated carbocycles. The molecule has 0 saturated heterocycles. The Labute approximate surface area is 287 Å². The van der Waals surface area contributed by atoms with E-state index in [1.807, 2.05) is 18.2 Å². The SMILES string of the molecule is c1ccc(-n2ccc3ccc4c(c5ccccc5n4-c4cccc(-c5nc(-c6ccc(-c7ncccn7)cc6)c6ccccc6n5)c4)c32)cc1. The molecule has 0 radical (unpaired) electrons. The molecule has 6 aromatic carbocycles. The van der Waals surface area contributed by atoms with E-state index in [2.05, 4.69) is 159 Å². The summed E-state index contributed by atoms with van der Waals surface area (Å²) >= 11 is 0. The van der Waals surface area contributed by atoms with Gasteiger partial charge in [0.1, 0.15) is 0 Å². The van der Waals surface area contributed by atoms with Crippen LogP contribution in [0.2, 0.25) is 0 Å². The highest BCUT2D eigenvalue weighted by molar-refractivity contribution is 6.20. The van der Waals surface area contributed by atoms with Crippen LogP contribution in [0.25, 0.3) is 89.0 Å². The van der Waals surface area contributed by atoms with Crippen LogP contribution >= 0.6 is 0 Å². The molecule has 4 heterocycles. The highest BCUT2D eigenvalue weighted by Crippen LogP contribution is 2.39. The molecule has 0 fully saturated rings. The lowest BCUT2D eigenvalue weighted by molar-refractivity contribution is 1.13. The lowest BCUT2D eigenvalue weighted by Crippen LogP contribution is -1.98. The molecule has 234 valence electrons. The van der Waals surface area contributed by atoms with Gasteiger partial charge < -0.3 is 9.13 Å². The van der Waals surface area contributed by atoms with Gasteiger partial charge in [0.25, 0.3) is 0 Å². The quantitative estimate of drug-likeness (QED) is 0.188. The average molecular weight is 641 g/mol. The maximum absolute atomic E-state index is 5.22. The van der Waals surface area contributed by atoms with Crippen molar-refractivity contribution >= 4 is 43.6 Å². The molecular weight excluding hydrogens is 613 g/mol. The number of fused-ring (bicyclic) bond motifs is 6. The van der Waals surface area contributed by atoms with Gasteiger partial charge >= 0.3 is 0 Å². The summed E-state index contributed by atoms with van der Waals surface area (Å²) in [5.74, 6) is 1.38. The molecule has 10 aromatic rings. The van der Waals surface area contributed by atoms with Crippen LogP contribution in [0.15, 0.2) is 170 Å². The minimum absolute atomic E-state index is 0.678. The van der Waals surface area contributed by atoms with Crippen LogP contribution in [-0.2, 0) is 0 Å². The van der Waals surface area contributed by atoms with Gasteiger partial charge in [0.15, 0.2) is 11.6 Å². The Morgan fingerprint density at radius 1 is 0.460 bits per heavy atom. The molecule has 0 spiro atoms. The summed E-state index contributed by atoms with van der Waals surface area (Å²) in [4.78, 5) is 19.1. The van der Waals surface area contributed by atoms with Gasteiger partial charge in [-0.3, -0.25) is 0 Å². The molecule has 0 aliphatic carbocycles. The monoisotopic (exact) mass is 640 g/mol. The molecule has 0 unspecified atom stereocenters. The number of aromatic nitrogens is 6. The van der Waals surface area contributed by atoms with Crippen molar-refractivity contribution in [3.63, 3.8) is 0 Å². The standard InChI is InChI=1S/C44H28N6/c1-2-11-33(12-3-1)49-27-24-30-22-23-39-40(42(30)49)36-15-5-7-17-38(36)50(39)34-13-8-10-32(28-34)44-47-37-16-6-4-14-35(37)41(48-44)29-18-20-31(21-19-29)43-45-25-9-26-46-43/h1-28H. The van der Waals surface area contributed by atoms with E-state index in [0.717, 1.165) is 55.7 Å². The summed E-state index contributed by atoms with van der Waals surface area (Å²) in [6, 6.07) is 52.8. The molecule has 6 nitrogen and oxygen atoms in total. The predicted molar refractivity (Wildman–Crippen MR) is 203 cm³/mol. The minimum Gasteiger partial charge on any atom is -0.316 e. The molecular formula is C44H28N6. The van der Waals surface area contributed by atoms with Gasteiger partial charge in [-0.05, 0) is 54.6 Å². The number of hydrogen-bond donors (Lipinski definition) is 0. The minimum atomic E-state index is 0.678. The molecule has 0 amide bonds. The lowest BCUT2D eigenvalue weighted by Gasteiger charge is -2.12. The van der Waals surface area contributed by atoms with Crippen LogP contribution in [0.5, 0.6) is 0 Å². The Balaban J connectivity index is 1.14. The van der Waals surface area contributed by atoms with Gasteiger partial charge in [-0.25, -0.2) is 19.9 Å². The van der Waals surface area contributed by atoms with Crippen molar-refractivity contribution in [1.82, 2.24) is 29.1 Å². The Morgan fingerprint density at radius 2 is 1.20 bits per heavy atom. The van der Waals surface area contributed by atoms with Gasteiger partial charge in [0.05, 0.1) is 27.8 Å². The molecule has 4 aromatic heterocycles. The van der Waals surface area contributed by atoms with E-state index in [0.29, 0.717) is 11.6 Å². The largest absolute Gasteiger partial charge is 0.316 e. The molecule has 50 heavy (non-hydrogen) atoms. The summed E-state index contributed by atoms with van der Waals surface area (Å²) in [5.41, 5.74) is 10.4. The van der Waals surface area contributed by atoms with Gasteiger partial charge in [-0.15, -0.1) is 0 Å². The highest BCUT2D eigenvalue weighted by atomic mass is 15.0. The van der Waals surface area contributed by atoms with Crippen LogP contribution in [0, 0.1) is 0 Å². The van der Waals surface area contributed by atoms with Gasteiger partial charge in [0.2, 0.25) is 0 Å². The number of hydrogen-bond acceptors (Lipinski definition) is 4. The number of nitrogens with zero attached hydrogens (tertiary/aromatic N) is 6. The number of benzene rings is 6. The van der Waals surface area contributed by atoms with Gasteiger partial charge in [0, 0.05) is 68.2 Å². The van der Waals surface area contributed by atoms with E-state index in [-0.39, 0.29) is 0 Å². The fourth-order valence-corrected chi connectivity index (χ4v) is 7.20. The van der Waals surface area contributed by atoms with E-state index in [9.17, 15) is 0 Å². The first-order valence-electron chi connectivity index (χ1n) is 16.6. The van der Waals surface area contributed by atoms with Crippen molar-refractivity contribution in [3.8, 4) is 45.4 Å². The normalized spacial score (nSPS) is 11.6. The van der Waals surface area contributed by atoms with Crippen molar-refractivity contribution in [1.29, 1.82) is 0 Å². The van der Waals surface area contributed by atoms with Gasteiger partial charge in [-0.1, -0.05) is 97.1 Å². The zero-order valence-corrected chi connectivity index (χ0v) is 26.8. The van der Waals surface area contributed by atoms with Crippen LogP contribution in [0.4, 0.5) is 0 Å². The first-order chi connectivity index (χ1) is 24.8. The van der Waals surface area contributed by atoms with Crippen molar-refractivity contribution in [2.45, 2.75) is 0 Å². The topological polar surface area (TPSA) is 61.4 Å². The Hall–Kier alpha value is -6.92. The van der Waals surface area contributed by atoms with E-state index >= 15 is 0 Å². The first-order valence-corrected chi connectivity index (χ1v) is 16.6. The summed E-state index contributed by atoms with van der Waals surface area (Å²) in [7, 11) is 0. The fraction of sp³-hybridized carbons (Fsp3) is 0. The van der Waals surface area contributed by atoms with E-state index in [1.54, 1.807) is 12.4 Å². The van der Waals surface area contributed by atoms with Crippen molar-refractivity contribution in [2.24, 2.45) is 0 Å². The summed E-state index contributed by atoms with van der Waals surface area (Å²) in [6.45, 7) is 0. The van der Waals surface area contributed by atoms with Crippen molar-refractivity contribution in [2.75, 3.05) is 0 Å². The fourth-order valence-electron chi connectivity index (χ4n) is 7.20. The third kappa shape index (κ3) is 4.50. The first kappa shape index (κ1) is 28.1. The van der Waals surface area contributed by atoms with Crippen molar-refractivity contribution < 1.29 is 0 Å². The lowest BCUT2D eigenvalue weighted by atomic mass is 10.0. The van der Waals surface area contributed by atoms with Crippen molar-refractivity contribution in [3.05, 3.63) is 170 Å². The van der Waals surface area contributed by atoms with Crippen LogP contribution < -0.4 is 0 Å². The second kappa shape index (κ2) is 11.4. The van der Waals surface area contributed by atoms with Crippen LogP contribution in [0.3, 0.4) is 0 Å². The third-order valence-corrected chi connectivity index (χ3v) is 9.47. The molecule has 0 N–H and O–H groups in total. The molecule has 0 aliphatic heterocycles. The zero-order valence-electron chi connectivity index (χ0n) is 26.8. The maximum atomic E-state index is 5.22. The third-order valence-electron chi connectivity index (χ3n) is 9.47. The number of rotatable bonds is 5. The summed E-state index contributed by atoms with van der Waals surface area (Å²) in [5, 5.41) is 4.65. The Morgan fingerprint density at radius 3 is 2.06 bits per heavy atom. The second-order valence-electron chi connectivity index (χ2n) is 12.4. The molecule has 0 aliphatic rings. The summed E-state index contributed by atoms with van der Waals surface area (Å²) in [6.07, 6.45) is 5.69. The van der Waals surface area contributed by atoms with E-state index < -0.39 is 0 Å². The number of para-hydroxylation sites is 3. The van der Waals surface area contributed by atoms with Crippen LogP contribution in [0.1, 0.15) is 0 Å². The van der Waals surface area contributed by atoms with E-state index in [1.165, 1.54) is 21.7 Å². The molecule has 10 rings (SSSR count). The summed E-state index contributed by atoms with van der Waals surface area (Å²) < 4.78 is 4.66. The smallest absolute Gasteiger partial charge is 0.160 e. The van der Waals surface area contributed by atoms with Crippen LogP contribution in [-0.4, -0.2) is 29.1 Å². The average Bonchev–Trinajstić information content (AvgIpc) is 3.78. The van der Waals surface area contributed by atoms with E-state index in [4.69, 9.17) is 9.97 Å². The van der Waals surface area contributed by atoms with Gasteiger partial charge in [-0.2, -0.15) is 0 Å². The molecule has 0 atom stereocenters. The molecule has 0 bridgehead atoms. The zero-order chi connectivity index (χ0) is 33.0. The molecule has 6 heteroatoms. The Bertz CT molecular complexity index is 2850. The maximum Gasteiger partial charge on any atom is 0.160 e. The highest BCUT2D eigenvalue weighted by Gasteiger charge is 2.19. The Kier molecular flexibility index (Phi) is 6.39.